The lowest BCUT2D eigenvalue weighted by molar-refractivity contribution is 0.262. The van der Waals surface area contributed by atoms with E-state index in [4.69, 9.17) is 16.7 Å². The number of amides is 2. The van der Waals surface area contributed by atoms with Crippen molar-refractivity contribution in [2.75, 3.05) is 15.4 Å². The fourth-order valence-electron chi connectivity index (χ4n) is 2.85. The fraction of sp³-hybridized carbons (Fsp3) is 0.0500. The SMILES string of the molecule is Cc1cc(NC(=O)Nc2ccc(Cl)cc2)ccc1S(=O)(=O)Nc1ccccc1S(N)(=O)=O. The molecule has 0 heterocycles. The molecule has 0 saturated carbocycles. The van der Waals surface area contributed by atoms with E-state index in [2.05, 4.69) is 15.4 Å². The van der Waals surface area contributed by atoms with Gasteiger partial charge in [-0.3, -0.25) is 4.72 Å². The fourth-order valence-corrected chi connectivity index (χ4v) is 5.05. The molecule has 0 aliphatic rings. The molecule has 0 bridgehead atoms. The zero-order valence-corrected chi connectivity index (χ0v) is 19.1. The molecule has 0 atom stereocenters. The van der Waals surface area contributed by atoms with Gasteiger partial charge in [0.1, 0.15) is 4.90 Å². The number of benzene rings is 3. The molecule has 0 aliphatic carbocycles. The Hall–Kier alpha value is -3.12. The van der Waals surface area contributed by atoms with Crippen molar-refractivity contribution in [3.8, 4) is 0 Å². The molecule has 3 aromatic carbocycles. The Kier molecular flexibility index (Phi) is 6.74. The number of hydrogen-bond donors (Lipinski definition) is 4. The Morgan fingerprint density at radius 3 is 2.06 bits per heavy atom. The summed E-state index contributed by atoms with van der Waals surface area (Å²) in [6, 6.07) is 15.6. The summed E-state index contributed by atoms with van der Waals surface area (Å²) in [4.78, 5) is 11.7. The number of para-hydroxylation sites is 1. The Morgan fingerprint density at radius 1 is 0.844 bits per heavy atom. The van der Waals surface area contributed by atoms with E-state index in [0.29, 0.717) is 22.0 Å². The number of hydrogen-bond acceptors (Lipinski definition) is 5. The molecule has 0 radical (unpaired) electrons. The average Bonchev–Trinajstić information content (AvgIpc) is 2.69. The third kappa shape index (κ3) is 5.77. The van der Waals surface area contributed by atoms with Crippen LogP contribution in [0.15, 0.2) is 76.5 Å². The summed E-state index contributed by atoms with van der Waals surface area (Å²) in [5.41, 5.74) is 1.05. The van der Waals surface area contributed by atoms with E-state index in [-0.39, 0.29) is 15.5 Å². The molecule has 0 unspecified atom stereocenters. The third-order valence-corrected chi connectivity index (χ3v) is 7.01. The van der Waals surface area contributed by atoms with Crippen molar-refractivity contribution in [2.45, 2.75) is 16.7 Å². The molecule has 168 valence electrons. The van der Waals surface area contributed by atoms with Crippen molar-refractivity contribution >= 4 is 54.7 Å². The number of nitrogens with one attached hydrogen (secondary N) is 3. The minimum atomic E-state index is -4.14. The van der Waals surface area contributed by atoms with Gasteiger partial charge in [0.05, 0.1) is 10.6 Å². The Labute approximate surface area is 190 Å². The lowest BCUT2D eigenvalue weighted by Gasteiger charge is -2.14. The van der Waals surface area contributed by atoms with Crippen molar-refractivity contribution in [1.29, 1.82) is 0 Å². The Bertz CT molecular complexity index is 1380. The van der Waals surface area contributed by atoms with Gasteiger partial charge in [-0.1, -0.05) is 23.7 Å². The van der Waals surface area contributed by atoms with Crippen LogP contribution < -0.4 is 20.5 Å². The van der Waals surface area contributed by atoms with Gasteiger partial charge < -0.3 is 10.6 Å². The zero-order valence-electron chi connectivity index (χ0n) is 16.7. The van der Waals surface area contributed by atoms with Crippen LogP contribution in [0.25, 0.3) is 0 Å². The normalized spacial score (nSPS) is 11.6. The van der Waals surface area contributed by atoms with Gasteiger partial charge in [0.2, 0.25) is 10.0 Å². The number of carbonyl (C=O) groups is 1. The molecular formula is C20H19ClN4O5S2. The molecule has 0 spiro atoms. The molecule has 0 aliphatic heterocycles. The minimum absolute atomic E-state index is 0.0922. The van der Waals surface area contributed by atoms with Gasteiger partial charge in [0.25, 0.3) is 10.0 Å². The maximum absolute atomic E-state index is 12.8. The first-order chi connectivity index (χ1) is 15.0. The zero-order chi connectivity index (χ0) is 23.5. The summed E-state index contributed by atoms with van der Waals surface area (Å²) in [6.07, 6.45) is 0. The number of sulfonamides is 2. The van der Waals surface area contributed by atoms with Crippen LogP contribution in [0.1, 0.15) is 5.56 Å². The van der Waals surface area contributed by atoms with E-state index in [1.54, 1.807) is 31.2 Å². The molecule has 9 nitrogen and oxygen atoms in total. The quantitative estimate of drug-likeness (QED) is 0.412. The highest BCUT2D eigenvalue weighted by Gasteiger charge is 2.21. The summed E-state index contributed by atoms with van der Waals surface area (Å²) in [7, 11) is -8.27. The standard InChI is InChI=1S/C20H19ClN4O5S2/c1-13-12-16(24-20(26)23-15-8-6-14(21)7-9-15)10-11-18(13)32(29,30)25-17-4-2-3-5-19(17)31(22,27)28/h2-12,25H,1H3,(H2,22,27,28)(H2,23,24,26). The number of carbonyl (C=O) groups excluding carboxylic acids is 1. The Morgan fingerprint density at radius 2 is 1.44 bits per heavy atom. The molecule has 32 heavy (non-hydrogen) atoms. The minimum Gasteiger partial charge on any atom is -0.308 e. The van der Waals surface area contributed by atoms with Gasteiger partial charge in [-0.05, 0) is 67.1 Å². The first kappa shape index (κ1) is 23.5. The number of primary sulfonamides is 1. The lowest BCUT2D eigenvalue weighted by atomic mass is 10.2. The van der Waals surface area contributed by atoms with Crippen LogP contribution in [-0.2, 0) is 20.0 Å². The maximum atomic E-state index is 12.8. The Balaban J connectivity index is 1.78. The summed E-state index contributed by atoms with van der Waals surface area (Å²) >= 11 is 5.81. The van der Waals surface area contributed by atoms with Crippen LogP contribution in [-0.4, -0.2) is 22.9 Å². The molecule has 0 fully saturated rings. The van der Waals surface area contributed by atoms with E-state index in [1.807, 2.05) is 0 Å². The highest BCUT2D eigenvalue weighted by atomic mass is 35.5. The van der Waals surface area contributed by atoms with Crippen LogP contribution in [0.4, 0.5) is 21.9 Å². The molecule has 3 rings (SSSR count). The summed E-state index contributed by atoms with van der Waals surface area (Å²) < 4.78 is 51.4. The van der Waals surface area contributed by atoms with E-state index in [9.17, 15) is 21.6 Å². The summed E-state index contributed by atoms with van der Waals surface area (Å²) in [6.45, 7) is 1.54. The highest BCUT2D eigenvalue weighted by Crippen LogP contribution is 2.26. The van der Waals surface area contributed by atoms with Gasteiger partial charge in [-0.25, -0.2) is 26.8 Å². The second kappa shape index (κ2) is 9.17. The van der Waals surface area contributed by atoms with Crippen LogP contribution in [0.2, 0.25) is 5.02 Å². The smallest absolute Gasteiger partial charge is 0.308 e. The van der Waals surface area contributed by atoms with Crippen LogP contribution in [0.3, 0.4) is 0 Å². The summed E-state index contributed by atoms with van der Waals surface area (Å²) in [5.74, 6) is 0. The van der Waals surface area contributed by atoms with Crippen molar-refractivity contribution in [3.05, 3.63) is 77.3 Å². The number of anilines is 3. The number of halogens is 1. The van der Waals surface area contributed by atoms with Gasteiger partial charge in [-0.15, -0.1) is 0 Å². The predicted molar refractivity (Wildman–Crippen MR) is 124 cm³/mol. The first-order valence-corrected chi connectivity index (χ1v) is 12.5. The van der Waals surface area contributed by atoms with E-state index >= 15 is 0 Å². The largest absolute Gasteiger partial charge is 0.323 e. The maximum Gasteiger partial charge on any atom is 0.323 e. The van der Waals surface area contributed by atoms with Gasteiger partial charge in [0.15, 0.2) is 0 Å². The number of aryl methyl sites for hydroxylation is 1. The van der Waals surface area contributed by atoms with Crippen LogP contribution >= 0.6 is 11.6 Å². The lowest BCUT2D eigenvalue weighted by Crippen LogP contribution is -2.20. The number of rotatable bonds is 6. The van der Waals surface area contributed by atoms with Gasteiger partial charge in [0, 0.05) is 16.4 Å². The van der Waals surface area contributed by atoms with Crippen molar-refractivity contribution < 1.29 is 21.6 Å². The van der Waals surface area contributed by atoms with Gasteiger partial charge >= 0.3 is 6.03 Å². The molecule has 0 aromatic heterocycles. The van der Waals surface area contributed by atoms with Crippen LogP contribution in [0, 0.1) is 6.92 Å². The van der Waals surface area contributed by atoms with Crippen molar-refractivity contribution in [1.82, 2.24) is 0 Å². The molecule has 12 heteroatoms. The van der Waals surface area contributed by atoms with Crippen molar-refractivity contribution in [2.24, 2.45) is 5.14 Å². The second-order valence-corrected chi connectivity index (χ2v) is 10.3. The third-order valence-electron chi connectivity index (χ3n) is 4.26. The van der Waals surface area contributed by atoms with E-state index < -0.39 is 26.1 Å². The van der Waals surface area contributed by atoms with Gasteiger partial charge in [-0.2, -0.15) is 0 Å². The van der Waals surface area contributed by atoms with E-state index in [1.165, 1.54) is 42.5 Å². The number of nitrogens with two attached hydrogens (primary N) is 1. The molecule has 3 aromatic rings. The average molecular weight is 495 g/mol. The highest BCUT2D eigenvalue weighted by molar-refractivity contribution is 7.93. The molecular weight excluding hydrogens is 476 g/mol. The second-order valence-electron chi connectivity index (χ2n) is 6.71. The monoisotopic (exact) mass is 494 g/mol. The molecule has 0 saturated heterocycles. The van der Waals surface area contributed by atoms with Crippen LogP contribution in [0.5, 0.6) is 0 Å². The molecule has 2 amide bonds. The summed E-state index contributed by atoms with van der Waals surface area (Å²) in [5, 5.41) is 10.9. The topological polar surface area (TPSA) is 147 Å². The number of urea groups is 1. The molecule has 5 N–H and O–H groups in total. The van der Waals surface area contributed by atoms with E-state index in [0.717, 1.165) is 0 Å². The van der Waals surface area contributed by atoms with Crippen molar-refractivity contribution in [3.63, 3.8) is 0 Å². The predicted octanol–water partition coefficient (Wildman–Crippen LogP) is 3.74. The first-order valence-electron chi connectivity index (χ1n) is 9.04.